The molecule has 1 amide bonds. The summed E-state index contributed by atoms with van der Waals surface area (Å²) in [7, 11) is 1.95. The first-order valence-corrected chi connectivity index (χ1v) is 6.95. The fourth-order valence-corrected chi connectivity index (χ4v) is 2.53. The Kier molecular flexibility index (Phi) is 6.36. The van der Waals surface area contributed by atoms with Crippen molar-refractivity contribution < 1.29 is 4.79 Å². The normalized spacial score (nSPS) is 18.6. The summed E-state index contributed by atoms with van der Waals surface area (Å²) in [6.07, 6.45) is 2.92. The molecular weight excluding hydrogens is 276 g/mol. The number of piperidine rings is 1. The lowest BCUT2D eigenvalue weighted by Crippen LogP contribution is -2.47. The summed E-state index contributed by atoms with van der Waals surface area (Å²) >= 11 is 0. The molecule has 2 rings (SSSR count). The predicted molar refractivity (Wildman–Crippen MR) is 81.4 cm³/mol. The van der Waals surface area contributed by atoms with E-state index in [4.69, 9.17) is 0 Å². The van der Waals surface area contributed by atoms with E-state index in [1.807, 2.05) is 31.9 Å². The summed E-state index contributed by atoms with van der Waals surface area (Å²) in [6.45, 7) is 5.49. The largest absolute Gasteiger partial charge is 0.337 e. The Labute approximate surface area is 126 Å². The number of amides is 1. The second kappa shape index (κ2) is 7.55. The van der Waals surface area contributed by atoms with Crippen molar-refractivity contribution in [1.29, 1.82) is 0 Å². The van der Waals surface area contributed by atoms with Crippen LogP contribution >= 0.6 is 12.4 Å². The van der Waals surface area contributed by atoms with Gasteiger partial charge in [0, 0.05) is 19.1 Å². The van der Waals surface area contributed by atoms with Gasteiger partial charge < -0.3 is 10.2 Å². The quantitative estimate of drug-likeness (QED) is 0.921. The van der Waals surface area contributed by atoms with Crippen LogP contribution in [-0.4, -0.2) is 47.2 Å². The highest BCUT2D eigenvalue weighted by atomic mass is 35.5. The van der Waals surface area contributed by atoms with Crippen molar-refractivity contribution in [3.8, 4) is 0 Å². The Morgan fingerprint density at radius 1 is 1.50 bits per heavy atom. The zero-order valence-corrected chi connectivity index (χ0v) is 13.2. The molecule has 1 aliphatic heterocycles. The van der Waals surface area contributed by atoms with Crippen LogP contribution in [0, 0.1) is 6.92 Å². The zero-order chi connectivity index (χ0) is 13.8. The first kappa shape index (κ1) is 16.9. The smallest absolute Gasteiger partial charge is 0.255 e. The number of hydrogen-bond donors (Lipinski definition) is 1. The van der Waals surface area contributed by atoms with Crippen LogP contribution in [0.1, 0.15) is 41.5 Å². The van der Waals surface area contributed by atoms with E-state index in [1.54, 1.807) is 0 Å². The molecule has 0 bridgehead atoms. The minimum Gasteiger partial charge on any atom is -0.337 e. The third kappa shape index (κ3) is 3.67. The highest BCUT2D eigenvalue weighted by Crippen LogP contribution is 2.16. The molecule has 6 heteroatoms. The van der Waals surface area contributed by atoms with Crippen LogP contribution in [0.3, 0.4) is 0 Å². The molecule has 112 valence electrons. The van der Waals surface area contributed by atoms with Gasteiger partial charge in [0.25, 0.3) is 5.91 Å². The summed E-state index contributed by atoms with van der Waals surface area (Å²) in [6, 6.07) is 2.26. The first-order chi connectivity index (χ1) is 9.15. The number of carbonyl (C=O) groups excluding carboxylic acids is 1. The number of rotatable bonds is 3. The van der Waals surface area contributed by atoms with E-state index in [0.29, 0.717) is 11.6 Å². The van der Waals surface area contributed by atoms with E-state index in [-0.39, 0.29) is 18.3 Å². The molecule has 0 aromatic carbocycles. The van der Waals surface area contributed by atoms with Crippen LogP contribution in [0.5, 0.6) is 0 Å². The van der Waals surface area contributed by atoms with E-state index in [0.717, 1.165) is 43.7 Å². The number of hydrogen-bond acceptors (Lipinski definition) is 4. The summed E-state index contributed by atoms with van der Waals surface area (Å²) < 4.78 is 0. The lowest BCUT2D eigenvalue weighted by molar-refractivity contribution is 0.0696. The van der Waals surface area contributed by atoms with E-state index in [2.05, 4.69) is 15.5 Å². The maximum Gasteiger partial charge on any atom is 0.255 e. The minimum absolute atomic E-state index is 0. The van der Waals surface area contributed by atoms with Gasteiger partial charge in [0.05, 0.1) is 17.0 Å². The first-order valence-electron chi connectivity index (χ1n) is 6.95. The second-order valence-electron chi connectivity index (χ2n) is 5.08. The van der Waals surface area contributed by atoms with Gasteiger partial charge in [-0.25, -0.2) is 0 Å². The molecule has 0 saturated carbocycles. The molecule has 5 nitrogen and oxygen atoms in total. The average molecular weight is 299 g/mol. The van der Waals surface area contributed by atoms with Gasteiger partial charge in [-0.05, 0) is 39.3 Å². The van der Waals surface area contributed by atoms with Gasteiger partial charge in [-0.2, -0.15) is 10.2 Å². The lowest BCUT2D eigenvalue weighted by Gasteiger charge is -2.32. The molecule has 1 N–H and O–H groups in total. The summed E-state index contributed by atoms with van der Waals surface area (Å²) in [4.78, 5) is 14.6. The van der Waals surface area contributed by atoms with Crippen LogP contribution in [0.4, 0.5) is 0 Å². The third-order valence-corrected chi connectivity index (χ3v) is 3.67. The highest BCUT2D eigenvalue weighted by Gasteiger charge is 2.25. The molecule has 1 fully saturated rings. The number of aryl methyl sites for hydroxylation is 2. The van der Waals surface area contributed by atoms with Gasteiger partial charge in [-0.15, -0.1) is 12.4 Å². The van der Waals surface area contributed by atoms with Gasteiger partial charge in [0.2, 0.25) is 0 Å². The van der Waals surface area contributed by atoms with Crippen LogP contribution < -0.4 is 5.32 Å². The number of likely N-dealkylation sites (N-methyl/N-ethyl adjacent to an activating group) is 1. The maximum atomic E-state index is 12.6. The number of carbonyl (C=O) groups is 1. The monoisotopic (exact) mass is 298 g/mol. The predicted octanol–water partition coefficient (Wildman–Crippen LogP) is 1.59. The third-order valence-electron chi connectivity index (χ3n) is 3.67. The van der Waals surface area contributed by atoms with Crippen LogP contribution in [-0.2, 0) is 6.42 Å². The van der Waals surface area contributed by atoms with E-state index < -0.39 is 0 Å². The second-order valence-corrected chi connectivity index (χ2v) is 5.08. The topological polar surface area (TPSA) is 58.1 Å². The molecule has 1 aliphatic rings. The van der Waals surface area contributed by atoms with E-state index in [1.165, 1.54) is 0 Å². The van der Waals surface area contributed by atoms with Gasteiger partial charge in [-0.1, -0.05) is 6.92 Å². The Morgan fingerprint density at radius 3 is 2.90 bits per heavy atom. The van der Waals surface area contributed by atoms with Crippen LogP contribution in [0.25, 0.3) is 0 Å². The Bertz CT molecular complexity index is 466. The fourth-order valence-electron chi connectivity index (χ4n) is 2.53. The summed E-state index contributed by atoms with van der Waals surface area (Å²) in [5, 5.41) is 11.4. The molecule has 1 unspecified atom stereocenters. The van der Waals surface area contributed by atoms with Crippen molar-refractivity contribution in [2.75, 3.05) is 20.1 Å². The zero-order valence-electron chi connectivity index (χ0n) is 12.3. The number of aromatic nitrogens is 2. The standard InChI is InChI=1S/C14H22N4O.ClH/c1-4-13-12(8-10(2)16-17-13)14(19)18-7-5-6-11(9-18)15-3;/h8,11,15H,4-7,9H2,1-3H3;1H. The lowest BCUT2D eigenvalue weighted by atomic mass is 10.0. The Hall–Kier alpha value is -1.20. The average Bonchev–Trinajstić information content (AvgIpc) is 2.46. The summed E-state index contributed by atoms with van der Waals surface area (Å²) in [5.74, 6) is 0.0924. The van der Waals surface area contributed by atoms with Gasteiger partial charge in [0.15, 0.2) is 0 Å². The number of nitrogens with zero attached hydrogens (tertiary/aromatic N) is 3. The van der Waals surface area contributed by atoms with Crippen molar-refractivity contribution in [2.24, 2.45) is 0 Å². The fraction of sp³-hybridized carbons (Fsp3) is 0.643. The van der Waals surface area contributed by atoms with Crippen molar-refractivity contribution in [2.45, 2.75) is 39.2 Å². The van der Waals surface area contributed by atoms with Gasteiger partial charge in [0.1, 0.15) is 0 Å². The molecule has 1 saturated heterocycles. The van der Waals surface area contributed by atoms with E-state index in [9.17, 15) is 4.79 Å². The Balaban J connectivity index is 0.00000200. The van der Waals surface area contributed by atoms with Crippen molar-refractivity contribution >= 4 is 18.3 Å². The van der Waals surface area contributed by atoms with Crippen molar-refractivity contribution in [3.63, 3.8) is 0 Å². The molecule has 20 heavy (non-hydrogen) atoms. The molecule has 1 atom stereocenters. The minimum atomic E-state index is 0. The number of likely N-dealkylation sites (tertiary alicyclic amines) is 1. The van der Waals surface area contributed by atoms with Crippen LogP contribution in [0.2, 0.25) is 0 Å². The molecule has 0 aliphatic carbocycles. The Morgan fingerprint density at radius 2 is 2.25 bits per heavy atom. The molecule has 0 spiro atoms. The van der Waals surface area contributed by atoms with Crippen molar-refractivity contribution in [1.82, 2.24) is 20.4 Å². The molecular formula is C14H23ClN4O. The SMILES string of the molecule is CCc1nnc(C)cc1C(=O)N1CCCC(NC)C1.Cl. The molecule has 1 aromatic heterocycles. The number of nitrogens with one attached hydrogen (secondary N) is 1. The highest BCUT2D eigenvalue weighted by molar-refractivity contribution is 5.95. The van der Waals surface area contributed by atoms with Crippen molar-refractivity contribution in [3.05, 3.63) is 23.0 Å². The summed E-state index contributed by atoms with van der Waals surface area (Å²) in [5.41, 5.74) is 2.30. The van der Waals surface area contributed by atoms with Gasteiger partial charge >= 0.3 is 0 Å². The molecule has 2 heterocycles. The van der Waals surface area contributed by atoms with E-state index >= 15 is 0 Å². The molecule has 0 radical (unpaired) electrons. The number of halogens is 1. The maximum absolute atomic E-state index is 12.6. The van der Waals surface area contributed by atoms with Gasteiger partial charge in [-0.3, -0.25) is 4.79 Å². The van der Waals surface area contributed by atoms with Crippen LogP contribution in [0.15, 0.2) is 6.07 Å². The molecule has 1 aromatic rings.